The van der Waals surface area contributed by atoms with E-state index in [9.17, 15) is 0 Å². The number of allylic oxidation sites excluding steroid dienone is 5. The van der Waals surface area contributed by atoms with Crippen LogP contribution in [0.1, 0.15) is 49.4 Å². The van der Waals surface area contributed by atoms with Crippen molar-refractivity contribution in [2.75, 3.05) is 0 Å². The maximum absolute atomic E-state index is 5.81. The van der Waals surface area contributed by atoms with Crippen LogP contribution in [0.15, 0.2) is 63.9 Å². The first kappa shape index (κ1) is 18.3. The highest BCUT2D eigenvalue weighted by Gasteiger charge is 2.40. The van der Waals surface area contributed by atoms with Crippen molar-refractivity contribution in [1.29, 1.82) is 0 Å². The van der Waals surface area contributed by atoms with Gasteiger partial charge in [0.2, 0.25) is 0 Å². The third kappa shape index (κ3) is 3.00. The molecule has 0 spiro atoms. The van der Waals surface area contributed by atoms with Crippen molar-refractivity contribution < 1.29 is 4.42 Å². The Labute approximate surface area is 164 Å². The van der Waals surface area contributed by atoms with Crippen LogP contribution < -0.4 is 0 Å². The molecule has 0 bridgehead atoms. The van der Waals surface area contributed by atoms with E-state index >= 15 is 0 Å². The number of hydrogen-bond donors (Lipinski definition) is 0. The summed E-state index contributed by atoms with van der Waals surface area (Å²) in [6.07, 6.45) is 12.5. The summed E-state index contributed by atoms with van der Waals surface area (Å²) in [7, 11) is -1.64. The van der Waals surface area contributed by atoms with Gasteiger partial charge in [0, 0.05) is 11.1 Å². The molecule has 1 aromatic carbocycles. The van der Waals surface area contributed by atoms with Gasteiger partial charge in [-0.05, 0) is 41.5 Å². The predicted molar refractivity (Wildman–Crippen MR) is 118 cm³/mol. The fourth-order valence-electron chi connectivity index (χ4n) is 4.49. The van der Waals surface area contributed by atoms with Gasteiger partial charge in [0.05, 0.1) is 14.3 Å². The summed E-state index contributed by atoms with van der Waals surface area (Å²) in [5, 5.41) is 1.68. The molecule has 2 heteroatoms. The number of hydrogen-bond acceptors (Lipinski definition) is 1. The first-order chi connectivity index (χ1) is 12.7. The van der Waals surface area contributed by atoms with Crippen LogP contribution in [0.4, 0.5) is 0 Å². The highest BCUT2D eigenvalue weighted by atomic mass is 28.3. The van der Waals surface area contributed by atoms with Crippen LogP contribution in [0.5, 0.6) is 0 Å². The molecule has 2 aromatic rings. The van der Waals surface area contributed by atoms with Gasteiger partial charge in [0.15, 0.2) is 0 Å². The van der Waals surface area contributed by atoms with Gasteiger partial charge in [-0.25, -0.2) is 0 Å². The van der Waals surface area contributed by atoms with Crippen LogP contribution in [-0.2, 0) is 0 Å². The van der Waals surface area contributed by atoms with E-state index in [-0.39, 0.29) is 5.41 Å². The third-order valence-corrected chi connectivity index (χ3v) is 10.5. The highest BCUT2D eigenvalue weighted by molar-refractivity contribution is 6.86. The molecule has 2 aliphatic rings. The quantitative estimate of drug-likeness (QED) is 0.508. The molecule has 140 valence electrons. The van der Waals surface area contributed by atoms with E-state index < -0.39 is 8.07 Å². The van der Waals surface area contributed by atoms with E-state index in [0.29, 0.717) is 5.54 Å². The van der Waals surface area contributed by atoms with Crippen molar-refractivity contribution in [1.82, 2.24) is 0 Å². The zero-order chi connectivity index (χ0) is 19.4. The van der Waals surface area contributed by atoms with Crippen LogP contribution in [0.2, 0.25) is 13.1 Å². The molecule has 4 rings (SSSR count). The van der Waals surface area contributed by atoms with Gasteiger partial charge in [-0.2, -0.15) is 0 Å². The standard InChI is InChI=1S/C25H30OSi/c1-17-14-15-26-24(17)22-9-7-8-21-20(22)12-13-23(21)27(5,6)19-11-10-18(16-19)25(2,3)4/h7-15,23H,16H2,1-6H3. The van der Waals surface area contributed by atoms with Crippen molar-refractivity contribution in [3.63, 3.8) is 0 Å². The van der Waals surface area contributed by atoms with Crippen molar-refractivity contribution in [3.8, 4) is 11.3 Å². The van der Waals surface area contributed by atoms with Crippen LogP contribution in [-0.4, -0.2) is 8.07 Å². The normalized spacial score (nSPS) is 19.3. The topological polar surface area (TPSA) is 13.1 Å². The Kier molecular flexibility index (Phi) is 4.23. The van der Waals surface area contributed by atoms with E-state index in [1.165, 1.54) is 22.3 Å². The molecule has 0 saturated heterocycles. The zero-order valence-corrected chi connectivity index (χ0v) is 18.4. The molecule has 0 fully saturated rings. The van der Waals surface area contributed by atoms with Gasteiger partial charge in [-0.3, -0.25) is 0 Å². The minimum Gasteiger partial charge on any atom is -0.464 e. The van der Waals surface area contributed by atoms with Crippen molar-refractivity contribution in [3.05, 3.63) is 76.2 Å². The number of furan rings is 1. The second-order valence-corrected chi connectivity index (χ2v) is 14.3. The molecule has 2 aliphatic carbocycles. The lowest BCUT2D eigenvalue weighted by Crippen LogP contribution is -2.36. The van der Waals surface area contributed by atoms with Gasteiger partial charge >= 0.3 is 0 Å². The molecule has 1 aromatic heterocycles. The molecule has 1 heterocycles. The Balaban J connectivity index is 1.68. The zero-order valence-electron chi connectivity index (χ0n) is 17.4. The van der Waals surface area contributed by atoms with Gasteiger partial charge < -0.3 is 4.42 Å². The number of rotatable bonds is 3. The minimum absolute atomic E-state index is 0.260. The highest BCUT2D eigenvalue weighted by Crippen LogP contribution is 2.47. The molecule has 0 saturated carbocycles. The molecule has 0 radical (unpaired) electrons. The summed E-state index contributed by atoms with van der Waals surface area (Å²) >= 11 is 0. The monoisotopic (exact) mass is 374 g/mol. The summed E-state index contributed by atoms with van der Waals surface area (Å²) in [4.78, 5) is 0. The second kappa shape index (κ2) is 6.24. The van der Waals surface area contributed by atoms with Crippen LogP contribution in [0.3, 0.4) is 0 Å². The maximum atomic E-state index is 5.81. The molecule has 0 aliphatic heterocycles. The molecule has 0 amide bonds. The minimum atomic E-state index is -1.64. The molecule has 1 atom stereocenters. The summed E-state index contributed by atoms with van der Waals surface area (Å²) < 4.78 is 5.81. The fourth-order valence-corrected chi connectivity index (χ4v) is 7.66. The second-order valence-electron chi connectivity index (χ2n) is 9.61. The van der Waals surface area contributed by atoms with Gasteiger partial charge in [-0.1, -0.05) is 87.1 Å². The smallest absolute Gasteiger partial charge is 0.137 e. The Hall–Kier alpha value is -2.06. The van der Waals surface area contributed by atoms with Gasteiger partial charge in [0.25, 0.3) is 0 Å². The lowest BCUT2D eigenvalue weighted by molar-refractivity contribution is 0.495. The van der Waals surface area contributed by atoms with Crippen molar-refractivity contribution >= 4 is 14.1 Å². The van der Waals surface area contributed by atoms with Crippen LogP contribution >= 0.6 is 0 Å². The SMILES string of the molecule is Cc1ccoc1-c1cccc2c1C=CC2[Si](C)(C)C1=CC=C(C(C)(C)C)C1. The summed E-state index contributed by atoms with van der Waals surface area (Å²) in [5.74, 6) is 1.01. The molecule has 27 heavy (non-hydrogen) atoms. The Morgan fingerprint density at radius 3 is 2.48 bits per heavy atom. The van der Waals surface area contributed by atoms with Gasteiger partial charge in [0.1, 0.15) is 5.76 Å². The van der Waals surface area contributed by atoms with Crippen molar-refractivity contribution in [2.24, 2.45) is 5.41 Å². The maximum Gasteiger partial charge on any atom is 0.137 e. The first-order valence-corrected chi connectivity index (χ1v) is 13.0. The lowest BCUT2D eigenvalue weighted by Gasteiger charge is -2.33. The third-order valence-electron chi connectivity index (χ3n) is 6.47. The van der Waals surface area contributed by atoms with E-state index in [2.05, 4.69) is 83.3 Å². The Morgan fingerprint density at radius 1 is 1.07 bits per heavy atom. The van der Waals surface area contributed by atoms with E-state index in [4.69, 9.17) is 4.42 Å². The van der Waals surface area contributed by atoms with Gasteiger partial charge in [-0.15, -0.1) is 0 Å². The summed E-state index contributed by atoms with van der Waals surface area (Å²) in [6.45, 7) is 14.2. The van der Waals surface area contributed by atoms with E-state index in [0.717, 1.165) is 12.2 Å². The molecule has 0 N–H and O–H groups in total. The van der Waals surface area contributed by atoms with E-state index in [1.807, 2.05) is 6.07 Å². The number of fused-ring (bicyclic) bond motifs is 1. The summed E-state index contributed by atoms with van der Waals surface area (Å²) in [5.41, 5.74) is 7.62. The first-order valence-electron chi connectivity index (χ1n) is 9.96. The number of aryl methyl sites for hydroxylation is 1. The Morgan fingerprint density at radius 2 is 1.85 bits per heavy atom. The average molecular weight is 375 g/mol. The lowest BCUT2D eigenvalue weighted by atomic mass is 9.86. The summed E-state index contributed by atoms with van der Waals surface area (Å²) in [6, 6.07) is 8.76. The molecule has 1 nitrogen and oxygen atoms in total. The van der Waals surface area contributed by atoms with Crippen molar-refractivity contribution in [2.45, 2.75) is 52.8 Å². The van der Waals surface area contributed by atoms with Crippen LogP contribution in [0, 0.1) is 12.3 Å². The number of benzene rings is 1. The molecule has 1 unspecified atom stereocenters. The largest absolute Gasteiger partial charge is 0.464 e. The Bertz CT molecular complexity index is 976. The van der Waals surface area contributed by atoms with E-state index in [1.54, 1.807) is 17.0 Å². The molecular formula is C25H30OSi. The predicted octanol–water partition coefficient (Wildman–Crippen LogP) is 7.45. The fraction of sp³-hybridized carbons (Fsp3) is 0.360. The van der Waals surface area contributed by atoms with Crippen LogP contribution in [0.25, 0.3) is 17.4 Å². The molecular weight excluding hydrogens is 344 g/mol. The average Bonchev–Trinajstić information content (AvgIpc) is 3.33.